The molecule has 7 heteroatoms. The largest absolute Gasteiger partial charge is 0.491 e. The zero-order valence-corrected chi connectivity index (χ0v) is 12.1. The van der Waals surface area contributed by atoms with Crippen molar-refractivity contribution in [1.82, 2.24) is 4.90 Å². The van der Waals surface area contributed by atoms with Gasteiger partial charge < -0.3 is 19.8 Å². The number of nitrogens with zero attached hydrogens (tertiary/aromatic N) is 1. The third-order valence-electron chi connectivity index (χ3n) is 3.87. The number of hydrogen-bond donors (Lipinski definition) is 2. The predicted octanol–water partition coefficient (Wildman–Crippen LogP) is 1.82. The lowest BCUT2D eigenvalue weighted by atomic mass is 9.90. The quantitative estimate of drug-likeness (QED) is 0.869. The molecule has 0 amide bonds. The van der Waals surface area contributed by atoms with Crippen LogP contribution in [-0.4, -0.2) is 59.2 Å². The number of piperidine rings is 1. The molecule has 124 valence electrons. The second-order valence-corrected chi connectivity index (χ2v) is 5.61. The molecule has 22 heavy (non-hydrogen) atoms. The van der Waals surface area contributed by atoms with Crippen LogP contribution in [0.4, 0.5) is 13.2 Å². The van der Waals surface area contributed by atoms with Gasteiger partial charge in [0.2, 0.25) is 0 Å². The maximum Gasteiger partial charge on any atom is 0.417 e. The Morgan fingerprint density at radius 2 is 1.77 bits per heavy atom. The summed E-state index contributed by atoms with van der Waals surface area (Å²) in [5.41, 5.74) is -2.60. The third-order valence-corrected chi connectivity index (χ3v) is 3.87. The summed E-state index contributed by atoms with van der Waals surface area (Å²) in [7, 11) is 0. The first-order valence-electron chi connectivity index (χ1n) is 7.17. The van der Waals surface area contributed by atoms with E-state index in [2.05, 4.69) is 0 Å². The summed E-state index contributed by atoms with van der Waals surface area (Å²) in [5, 5.41) is 19.5. The molecule has 4 nitrogen and oxygen atoms in total. The van der Waals surface area contributed by atoms with Crippen LogP contribution in [0.15, 0.2) is 30.3 Å². The van der Waals surface area contributed by atoms with Crippen molar-refractivity contribution in [2.75, 3.05) is 26.2 Å². The molecule has 0 aromatic heterocycles. The maximum absolute atomic E-state index is 12.7. The fourth-order valence-corrected chi connectivity index (χ4v) is 2.45. The van der Waals surface area contributed by atoms with Gasteiger partial charge in [0.15, 0.2) is 5.60 Å². The summed E-state index contributed by atoms with van der Waals surface area (Å²) in [4.78, 5) is 1.71. The summed E-state index contributed by atoms with van der Waals surface area (Å²) in [6, 6.07) is 8.99. The highest BCUT2D eigenvalue weighted by atomic mass is 19.4. The van der Waals surface area contributed by atoms with Gasteiger partial charge in [-0.15, -0.1) is 0 Å². The van der Waals surface area contributed by atoms with Gasteiger partial charge in [-0.1, -0.05) is 18.2 Å². The molecule has 2 rings (SSSR count). The normalized spacial score (nSPS) is 20.6. The average Bonchev–Trinajstić information content (AvgIpc) is 2.48. The number of rotatable bonds is 5. The number of aliphatic hydroxyl groups excluding tert-OH is 1. The summed E-state index contributed by atoms with van der Waals surface area (Å²) in [6.45, 7) is 0.488. The van der Waals surface area contributed by atoms with Crippen molar-refractivity contribution in [3.63, 3.8) is 0 Å². The number of ether oxygens (including phenoxy) is 1. The Kier molecular flexibility index (Phi) is 5.31. The van der Waals surface area contributed by atoms with Crippen molar-refractivity contribution in [2.24, 2.45) is 0 Å². The van der Waals surface area contributed by atoms with E-state index in [-0.39, 0.29) is 39.1 Å². The molecular formula is C15H20F3NO3. The van der Waals surface area contributed by atoms with Gasteiger partial charge >= 0.3 is 6.18 Å². The minimum atomic E-state index is -4.60. The molecule has 1 aliphatic heterocycles. The van der Waals surface area contributed by atoms with Gasteiger partial charge in [0.1, 0.15) is 18.5 Å². The fraction of sp³-hybridized carbons (Fsp3) is 0.600. The summed E-state index contributed by atoms with van der Waals surface area (Å²) >= 11 is 0. The minimum Gasteiger partial charge on any atom is -0.491 e. The highest BCUT2D eigenvalue weighted by Gasteiger charge is 2.54. The molecule has 1 atom stereocenters. The second kappa shape index (κ2) is 6.85. The molecule has 1 aromatic carbocycles. The zero-order chi connectivity index (χ0) is 16.2. The van der Waals surface area contributed by atoms with Gasteiger partial charge in [0, 0.05) is 19.6 Å². The number of alkyl halides is 3. The van der Waals surface area contributed by atoms with Gasteiger partial charge in [-0.3, -0.25) is 0 Å². The fourth-order valence-electron chi connectivity index (χ4n) is 2.45. The Balaban J connectivity index is 1.74. The molecule has 0 saturated carbocycles. The van der Waals surface area contributed by atoms with Crippen LogP contribution in [0.3, 0.4) is 0 Å². The van der Waals surface area contributed by atoms with Crippen molar-refractivity contribution in [1.29, 1.82) is 0 Å². The van der Waals surface area contributed by atoms with E-state index >= 15 is 0 Å². The lowest BCUT2D eigenvalue weighted by Gasteiger charge is -2.39. The van der Waals surface area contributed by atoms with Gasteiger partial charge in [-0.05, 0) is 25.0 Å². The Hall–Kier alpha value is -1.31. The lowest BCUT2D eigenvalue weighted by Crippen LogP contribution is -2.54. The minimum absolute atomic E-state index is 0.0735. The molecule has 1 unspecified atom stereocenters. The summed E-state index contributed by atoms with van der Waals surface area (Å²) < 4.78 is 43.5. The van der Waals surface area contributed by atoms with Crippen LogP contribution in [0, 0.1) is 0 Å². The monoisotopic (exact) mass is 319 g/mol. The maximum atomic E-state index is 12.7. The Morgan fingerprint density at radius 3 is 2.32 bits per heavy atom. The molecule has 1 fully saturated rings. The molecule has 1 saturated heterocycles. The van der Waals surface area contributed by atoms with Crippen LogP contribution in [0.1, 0.15) is 12.8 Å². The topological polar surface area (TPSA) is 52.9 Å². The molecule has 2 N–H and O–H groups in total. The number of aliphatic hydroxyl groups is 2. The van der Waals surface area contributed by atoms with Crippen LogP contribution < -0.4 is 4.74 Å². The second-order valence-electron chi connectivity index (χ2n) is 5.61. The number of likely N-dealkylation sites (tertiary alicyclic amines) is 1. The molecule has 0 aliphatic carbocycles. The first kappa shape index (κ1) is 17.1. The Bertz CT molecular complexity index is 459. The first-order valence-corrected chi connectivity index (χ1v) is 7.17. The molecule has 0 bridgehead atoms. The zero-order valence-electron chi connectivity index (χ0n) is 12.1. The van der Waals surface area contributed by atoms with Crippen LogP contribution in [-0.2, 0) is 0 Å². The molecule has 1 aliphatic rings. The number of hydrogen-bond acceptors (Lipinski definition) is 4. The van der Waals surface area contributed by atoms with Crippen molar-refractivity contribution in [3.8, 4) is 5.75 Å². The van der Waals surface area contributed by atoms with Crippen molar-refractivity contribution >= 4 is 0 Å². The Morgan fingerprint density at radius 1 is 1.18 bits per heavy atom. The van der Waals surface area contributed by atoms with Crippen molar-refractivity contribution in [2.45, 2.75) is 30.7 Å². The van der Waals surface area contributed by atoms with E-state index in [1.165, 1.54) is 0 Å². The summed E-state index contributed by atoms with van der Waals surface area (Å²) in [6.07, 6.45) is -6.14. The smallest absolute Gasteiger partial charge is 0.417 e. The highest BCUT2D eigenvalue weighted by molar-refractivity contribution is 5.20. The first-order chi connectivity index (χ1) is 10.3. The van der Waals surface area contributed by atoms with E-state index in [0.717, 1.165) is 0 Å². The molecular weight excluding hydrogens is 299 g/mol. The third kappa shape index (κ3) is 4.34. The molecule has 0 spiro atoms. The molecule has 0 radical (unpaired) electrons. The summed E-state index contributed by atoms with van der Waals surface area (Å²) in [5.74, 6) is 0.631. The SMILES string of the molecule is OC(COc1ccccc1)CN1CCC(O)(C(F)(F)F)CC1. The van der Waals surface area contributed by atoms with Crippen LogP contribution in [0.5, 0.6) is 5.75 Å². The van der Waals surface area contributed by atoms with Gasteiger partial charge in [-0.2, -0.15) is 13.2 Å². The standard InChI is InChI=1S/C15H20F3NO3/c16-15(17,18)14(21)6-8-19(9-7-14)10-12(20)11-22-13-4-2-1-3-5-13/h1-5,12,20-21H,6-11H2. The van der Waals surface area contributed by atoms with Crippen LogP contribution >= 0.6 is 0 Å². The van der Waals surface area contributed by atoms with E-state index in [1.807, 2.05) is 18.2 Å². The van der Waals surface area contributed by atoms with E-state index in [4.69, 9.17) is 4.74 Å². The number of β-amino-alcohol motifs (C(OH)–C–C–N with tert-alkyl or cyclic N) is 1. The average molecular weight is 319 g/mol. The van der Waals surface area contributed by atoms with E-state index in [9.17, 15) is 23.4 Å². The van der Waals surface area contributed by atoms with Gasteiger partial charge in [0.25, 0.3) is 0 Å². The van der Waals surface area contributed by atoms with Crippen LogP contribution in [0.2, 0.25) is 0 Å². The van der Waals surface area contributed by atoms with E-state index in [1.54, 1.807) is 17.0 Å². The number of halogens is 3. The van der Waals surface area contributed by atoms with E-state index < -0.39 is 17.9 Å². The van der Waals surface area contributed by atoms with Gasteiger partial charge in [-0.25, -0.2) is 0 Å². The predicted molar refractivity (Wildman–Crippen MR) is 74.6 cm³/mol. The molecule has 1 aromatic rings. The van der Waals surface area contributed by atoms with Crippen molar-refractivity contribution < 1.29 is 28.1 Å². The number of para-hydroxylation sites is 1. The molecule has 1 heterocycles. The van der Waals surface area contributed by atoms with Crippen molar-refractivity contribution in [3.05, 3.63) is 30.3 Å². The number of benzene rings is 1. The van der Waals surface area contributed by atoms with Crippen LogP contribution in [0.25, 0.3) is 0 Å². The van der Waals surface area contributed by atoms with Gasteiger partial charge in [0.05, 0.1) is 0 Å². The van der Waals surface area contributed by atoms with E-state index in [0.29, 0.717) is 5.75 Å². The lowest BCUT2D eigenvalue weighted by molar-refractivity contribution is -0.273. The highest BCUT2D eigenvalue weighted by Crippen LogP contribution is 2.38. The Labute approximate surface area is 127 Å².